The molecule has 0 aliphatic rings. The van der Waals surface area contributed by atoms with Crippen LogP contribution in [0.4, 0.5) is 0 Å². The highest BCUT2D eigenvalue weighted by molar-refractivity contribution is 7.80. The number of carbonyl (C=O) groups is 1. The van der Waals surface area contributed by atoms with Crippen molar-refractivity contribution in [3.05, 3.63) is 0 Å². The fraction of sp³-hybridized carbons (Fsp3) is 0.833. The van der Waals surface area contributed by atoms with Gasteiger partial charge in [0.05, 0.1) is 10.4 Å². The number of nitrogens with one attached hydrogen (secondary N) is 1. The number of carbonyl (C=O) groups excluding carboxylic acids is 1. The number of nitrogens with two attached hydrogens (primary N) is 1. The van der Waals surface area contributed by atoms with Crippen molar-refractivity contribution in [3.8, 4) is 0 Å². The molecule has 0 aromatic carbocycles. The minimum atomic E-state index is -0.725. The molecule has 0 saturated carbocycles. The molecule has 2 unspecified atom stereocenters. The number of hydrogen-bond acceptors (Lipinski definition) is 2. The number of amides is 1. The average Bonchev–Trinajstić information content (AvgIpc) is 2.23. The van der Waals surface area contributed by atoms with Crippen LogP contribution in [0, 0.1) is 11.3 Å². The van der Waals surface area contributed by atoms with Crippen LogP contribution in [-0.2, 0) is 4.79 Å². The van der Waals surface area contributed by atoms with Gasteiger partial charge >= 0.3 is 0 Å². The maximum atomic E-state index is 12.1. The fourth-order valence-corrected chi connectivity index (χ4v) is 1.75. The van der Waals surface area contributed by atoms with Gasteiger partial charge in [-0.15, -0.1) is 0 Å². The van der Waals surface area contributed by atoms with E-state index in [4.69, 9.17) is 18.0 Å². The van der Waals surface area contributed by atoms with Crippen molar-refractivity contribution in [2.75, 3.05) is 0 Å². The van der Waals surface area contributed by atoms with E-state index >= 15 is 0 Å². The lowest BCUT2D eigenvalue weighted by molar-refractivity contribution is -0.128. The second-order valence-corrected chi connectivity index (χ2v) is 5.22. The lowest BCUT2D eigenvalue weighted by Gasteiger charge is -2.30. The first-order valence-electron chi connectivity index (χ1n) is 5.90. The van der Waals surface area contributed by atoms with Gasteiger partial charge in [0.25, 0.3) is 0 Å². The summed E-state index contributed by atoms with van der Waals surface area (Å²) in [6.45, 7) is 9.98. The van der Waals surface area contributed by atoms with Crippen LogP contribution in [0.5, 0.6) is 0 Å². The molecule has 0 aliphatic carbocycles. The molecule has 0 heterocycles. The van der Waals surface area contributed by atoms with Gasteiger partial charge in [-0.2, -0.15) is 0 Å². The van der Waals surface area contributed by atoms with Gasteiger partial charge < -0.3 is 11.1 Å². The molecule has 0 spiro atoms. The van der Waals surface area contributed by atoms with Crippen molar-refractivity contribution in [3.63, 3.8) is 0 Å². The Balaban J connectivity index is 4.72. The first kappa shape index (κ1) is 15.4. The molecule has 1 amide bonds. The molecule has 0 radical (unpaired) electrons. The highest BCUT2D eigenvalue weighted by Crippen LogP contribution is 2.22. The van der Waals surface area contributed by atoms with E-state index in [0.717, 1.165) is 6.42 Å². The number of thiocarbonyl (C=S) groups is 1. The molecule has 3 N–H and O–H groups in total. The Hall–Kier alpha value is -0.640. The molecule has 0 aliphatic heterocycles. The first-order valence-corrected chi connectivity index (χ1v) is 6.31. The van der Waals surface area contributed by atoms with Crippen molar-refractivity contribution >= 4 is 23.1 Å². The summed E-state index contributed by atoms with van der Waals surface area (Å²) >= 11 is 4.98. The number of hydrogen-bond donors (Lipinski definition) is 2. The standard InChI is InChI=1S/C12H24N2OS/c1-6-9(8(3)4)14-11(15)12(5,7-2)10(13)16/h8-9H,6-7H2,1-5H3,(H2,13,16)(H,14,15). The Morgan fingerprint density at radius 3 is 2.19 bits per heavy atom. The summed E-state index contributed by atoms with van der Waals surface area (Å²) in [5.74, 6) is 0.365. The Kier molecular flexibility index (Phi) is 5.94. The minimum Gasteiger partial charge on any atom is -0.392 e. The van der Waals surface area contributed by atoms with Crippen molar-refractivity contribution in [1.29, 1.82) is 0 Å². The van der Waals surface area contributed by atoms with Crippen molar-refractivity contribution in [2.24, 2.45) is 17.1 Å². The van der Waals surface area contributed by atoms with E-state index in [0.29, 0.717) is 12.3 Å². The van der Waals surface area contributed by atoms with Crippen LogP contribution in [0.15, 0.2) is 0 Å². The van der Waals surface area contributed by atoms with E-state index in [9.17, 15) is 4.79 Å². The van der Waals surface area contributed by atoms with Crippen LogP contribution in [0.2, 0.25) is 0 Å². The van der Waals surface area contributed by atoms with Crippen LogP contribution in [0.3, 0.4) is 0 Å². The van der Waals surface area contributed by atoms with Gasteiger partial charge in [-0.1, -0.05) is 39.9 Å². The molecule has 2 atom stereocenters. The predicted octanol–water partition coefficient (Wildman–Crippen LogP) is 2.24. The van der Waals surface area contributed by atoms with E-state index in [1.807, 2.05) is 6.92 Å². The van der Waals surface area contributed by atoms with Crippen molar-refractivity contribution in [1.82, 2.24) is 5.32 Å². The van der Waals surface area contributed by atoms with Crippen LogP contribution in [-0.4, -0.2) is 16.9 Å². The van der Waals surface area contributed by atoms with Gasteiger partial charge in [-0.3, -0.25) is 4.79 Å². The van der Waals surface area contributed by atoms with Crippen molar-refractivity contribution in [2.45, 2.75) is 53.5 Å². The van der Waals surface area contributed by atoms with Crippen LogP contribution < -0.4 is 11.1 Å². The molecule has 0 bridgehead atoms. The van der Waals surface area contributed by atoms with Gasteiger partial charge in [-0.25, -0.2) is 0 Å². The smallest absolute Gasteiger partial charge is 0.232 e. The zero-order valence-corrected chi connectivity index (χ0v) is 11.8. The maximum Gasteiger partial charge on any atom is 0.232 e. The van der Waals surface area contributed by atoms with Gasteiger partial charge in [0.15, 0.2) is 0 Å². The quantitative estimate of drug-likeness (QED) is 0.705. The maximum absolute atomic E-state index is 12.1. The third kappa shape index (κ3) is 3.44. The molecule has 0 aromatic heterocycles. The minimum absolute atomic E-state index is 0.0527. The molecule has 94 valence electrons. The van der Waals surface area contributed by atoms with Gasteiger partial charge in [-0.05, 0) is 25.7 Å². The van der Waals surface area contributed by atoms with E-state index in [-0.39, 0.29) is 16.9 Å². The fourth-order valence-electron chi connectivity index (χ4n) is 1.51. The third-order valence-corrected chi connectivity index (χ3v) is 3.76. The van der Waals surface area contributed by atoms with E-state index in [1.54, 1.807) is 6.92 Å². The Labute approximate surface area is 104 Å². The van der Waals surface area contributed by atoms with Crippen molar-refractivity contribution < 1.29 is 4.79 Å². The van der Waals surface area contributed by atoms with Gasteiger partial charge in [0, 0.05) is 6.04 Å². The highest BCUT2D eigenvalue weighted by atomic mass is 32.1. The molecular weight excluding hydrogens is 220 g/mol. The summed E-state index contributed by atoms with van der Waals surface area (Å²) in [6, 6.07) is 0.188. The SMILES string of the molecule is CCC(NC(=O)C(C)(CC)C(N)=S)C(C)C. The monoisotopic (exact) mass is 244 g/mol. The molecule has 4 heteroatoms. The van der Waals surface area contributed by atoms with E-state index in [2.05, 4.69) is 26.1 Å². The summed E-state index contributed by atoms with van der Waals surface area (Å²) in [4.78, 5) is 12.4. The lowest BCUT2D eigenvalue weighted by atomic mass is 9.85. The van der Waals surface area contributed by atoms with Crippen LogP contribution in [0.1, 0.15) is 47.5 Å². The Morgan fingerprint density at radius 2 is 1.94 bits per heavy atom. The van der Waals surface area contributed by atoms with Gasteiger partial charge in [0.2, 0.25) is 5.91 Å². The molecule has 0 fully saturated rings. The average molecular weight is 244 g/mol. The molecular formula is C12H24N2OS. The highest BCUT2D eigenvalue weighted by Gasteiger charge is 2.35. The zero-order chi connectivity index (χ0) is 12.9. The van der Waals surface area contributed by atoms with E-state index < -0.39 is 5.41 Å². The molecule has 0 aromatic rings. The molecule has 16 heavy (non-hydrogen) atoms. The topological polar surface area (TPSA) is 55.1 Å². The van der Waals surface area contributed by atoms with Crippen LogP contribution in [0.25, 0.3) is 0 Å². The summed E-state index contributed by atoms with van der Waals surface area (Å²) in [7, 11) is 0. The summed E-state index contributed by atoms with van der Waals surface area (Å²) in [5, 5.41) is 3.03. The lowest BCUT2D eigenvalue weighted by Crippen LogP contribution is -2.50. The Morgan fingerprint density at radius 1 is 1.44 bits per heavy atom. The second kappa shape index (κ2) is 6.18. The molecule has 0 rings (SSSR count). The zero-order valence-electron chi connectivity index (χ0n) is 11.0. The molecule has 3 nitrogen and oxygen atoms in total. The molecule has 0 saturated heterocycles. The van der Waals surface area contributed by atoms with Crippen LogP contribution >= 0.6 is 12.2 Å². The second-order valence-electron chi connectivity index (χ2n) is 4.78. The third-order valence-electron chi connectivity index (χ3n) is 3.31. The Bertz CT molecular complexity index is 266. The summed E-state index contributed by atoms with van der Waals surface area (Å²) in [6.07, 6.45) is 1.54. The normalized spacial score (nSPS) is 16.6. The largest absolute Gasteiger partial charge is 0.392 e. The van der Waals surface area contributed by atoms with Gasteiger partial charge in [0.1, 0.15) is 0 Å². The predicted molar refractivity (Wildman–Crippen MR) is 72.2 cm³/mol. The summed E-state index contributed by atoms with van der Waals surface area (Å²) in [5.41, 5.74) is 4.92. The van der Waals surface area contributed by atoms with E-state index in [1.165, 1.54) is 0 Å². The first-order chi connectivity index (χ1) is 7.29. The summed E-state index contributed by atoms with van der Waals surface area (Å²) < 4.78 is 0. The number of rotatable bonds is 6.